The minimum atomic E-state index is -4.52. The molecule has 0 aliphatic rings. The van der Waals surface area contributed by atoms with Gasteiger partial charge in [-0.2, -0.15) is 13.2 Å². The fourth-order valence-corrected chi connectivity index (χ4v) is 1.60. The van der Waals surface area contributed by atoms with Crippen molar-refractivity contribution in [1.29, 1.82) is 0 Å². The number of aryl methyl sites for hydroxylation is 2. The number of allylic oxidation sites excluding steroid dienone is 1. The lowest BCUT2D eigenvalue weighted by Gasteiger charge is -2.26. The maximum atomic E-state index is 12.4. The maximum absolute atomic E-state index is 12.4. The zero-order valence-corrected chi connectivity index (χ0v) is 9.30. The quantitative estimate of drug-likeness (QED) is 0.811. The summed E-state index contributed by atoms with van der Waals surface area (Å²) in [5.41, 5.74) is -0.640. The van der Waals surface area contributed by atoms with Crippen molar-refractivity contribution in [2.24, 2.45) is 0 Å². The molecule has 94 valence electrons. The fourth-order valence-electron chi connectivity index (χ4n) is 1.60. The smallest absolute Gasteiger partial charge is 0.416 e. The molecular weight excluding hydrogens is 235 g/mol. The first-order valence-corrected chi connectivity index (χ1v) is 4.68. The molecule has 0 atom stereocenters. The monoisotopic (exact) mass is 246 g/mol. The molecule has 0 bridgehead atoms. The van der Waals surface area contributed by atoms with Crippen molar-refractivity contribution in [3.8, 4) is 0 Å². The van der Waals surface area contributed by atoms with Crippen LogP contribution in [0.25, 0.3) is 5.57 Å². The van der Waals surface area contributed by atoms with Gasteiger partial charge in [0.1, 0.15) is 0 Å². The van der Waals surface area contributed by atoms with Crippen LogP contribution in [-0.4, -0.2) is 11.4 Å². The molecular formula is C11H11F3NO2-. The molecule has 0 fully saturated rings. The predicted octanol–water partition coefficient (Wildman–Crippen LogP) is 3.57. The summed E-state index contributed by atoms with van der Waals surface area (Å²) in [6.07, 6.45) is -4.52. The second kappa shape index (κ2) is 4.38. The van der Waals surface area contributed by atoms with Gasteiger partial charge < -0.3 is 10.4 Å². The van der Waals surface area contributed by atoms with Crippen LogP contribution in [0.3, 0.4) is 0 Å². The number of hydrogen-bond donors (Lipinski definition) is 1. The molecule has 0 saturated heterocycles. The first-order valence-electron chi connectivity index (χ1n) is 4.68. The van der Waals surface area contributed by atoms with Crippen molar-refractivity contribution in [2.45, 2.75) is 20.0 Å². The van der Waals surface area contributed by atoms with E-state index in [1.165, 1.54) is 26.0 Å². The van der Waals surface area contributed by atoms with E-state index in [2.05, 4.69) is 6.58 Å². The molecule has 0 amide bonds. The Labute approximate surface area is 96.3 Å². The molecule has 3 nitrogen and oxygen atoms in total. The van der Waals surface area contributed by atoms with E-state index in [9.17, 15) is 18.4 Å². The van der Waals surface area contributed by atoms with E-state index in [0.717, 1.165) is 0 Å². The summed E-state index contributed by atoms with van der Waals surface area (Å²) in [6, 6.07) is 2.33. The standard InChI is InChI=1S/C11H11F3NO2/c1-6-4-9(8(3)11(12,13)14)5-7(2)10(6)15(16)17/h4-5,16H,3H2,1-2H3/q-1. The molecule has 17 heavy (non-hydrogen) atoms. The van der Waals surface area contributed by atoms with Crippen molar-refractivity contribution in [3.05, 3.63) is 40.6 Å². The Morgan fingerprint density at radius 2 is 1.71 bits per heavy atom. The Bertz CT molecular complexity index is 430. The van der Waals surface area contributed by atoms with Crippen LogP contribution in [0.5, 0.6) is 0 Å². The third-order valence-corrected chi connectivity index (χ3v) is 2.37. The fraction of sp³-hybridized carbons (Fsp3) is 0.273. The first-order chi connectivity index (χ1) is 7.64. The summed E-state index contributed by atoms with van der Waals surface area (Å²) in [7, 11) is 0. The number of benzene rings is 1. The summed E-state index contributed by atoms with van der Waals surface area (Å²) in [5, 5.41) is 19.2. The van der Waals surface area contributed by atoms with E-state index < -0.39 is 11.7 Å². The molecule has 0 aliphatic heterocycles. The highest BCUT2D eigenvalue weighted by Crippen LogP contribution is 2.35. The lowest BCUT2D eigenvalue weighted by atomic mass is 9.99. The number of alkyl halides is 3. The van der Waals surface area contributed by atoms with E-state index in [0.29, 0.717) is 0 Å². The van der Waals surface area contributed by atoms with Gasteiger partial charge in [0.05, 0.1) is 11.3 Å². The topological polar surface area (TPSA) is 46.5 Å². The first kappa shape index (κ1) is 13.5. The molecule has 0 heterocycles. The molecule has 1 aromatic carbocycles. The average molecular weight is 246 g/mol. The number of nitrogens with zero attached hydrogens (tertiary/aromatic N) is 1. The molecule has 0 spiro atoms. The van der Waals surface area contributed by atoms with E-state index in [1.807, 2.05) is 0 Å². The van der Waals surface area contributed by atoms with Gasteiger partial charge in [0.2, 0.25) is 0 Å². The molecule has 1 rings (SSSR count). The van der Waals surface area contributed by atoms with Crippen molar-refractivity contribution in [2.75, 3.05) is 5.23 Å². The van der Waals surface area contributed by atoms with Gasteiger partial charge in [-0.1, -0.05) is 6.58 Å². The third kappa shape index (κ3) is 2.78. The summed E-state index contributed by atoms with van der Waals surface area (Å²) in [4.78, 5) is 0. The number of halogens is 3. The van der Waals surface area contributed by atoms with Gasteiger partial charge in [0, 0.05) is 0 Å². The molecule has 6 heteroatoms. The van der Waals surface area contributed by atoms with Gasteiger partial charge in [0.15, 0.2) is 0 Å². The summed E-state index contributed by atoms with van der Waals surface area (Å²) in [5.74, 6) is 0. The van der Waals surface area contributed by atoms with Crippen LogP contribution in [0.1, 0.15) is 16.7 Å². The van der Waals surface area contributed by atoms with Crippen LogP contribution in [0.15, 0.2) is 18.7 Å². The summed E-state index contributed by atoms with van der Waals surface area (Å²) in [6.45, 7) is 5.86. The SMILES string of the molecule is C=C(c1cc(C)c(N([O-])O)c(C)c1)C(F)(F)F. The zero-order chi connectivity index (χ0) is 13.4. The van der Waals surface area contributed by atoms with Crippen molar-refractivity contribution in [3.63, 3.8) is 0 Å². The van der Waals surface area contributed by atoms with Crippen molar-refractivity contribution >= 4 is 11.3 Å². The van der Waals surface area contributed by atoms with E-state index >= 15 is 0 Å². The van der Waals surface area contributed by atoms with Gasteiger partial charge in [-0.3, -0.25) is 5.21 Å². The molecule has 1 aromatic rings. The van der Waals surface area contributed by atoms with Gasteiger partial charge >= 0.3 is 6.18 Å². The number of rotatable bonds is 2. The molecule has 0 aromatic heterocycles. The van der Waals surface area contributed by atoms with Crippen LogP contribution in [-0.2, 0) is 0 Å². The van der Waals surface area contributed by atoms with Crippen LogP contribution in [0.2, 0.25) is 0 Å². The van der Waals surface area contributed by atoms with Crippen LogP contribution < -0.4 is 5.23 Å². The number of anilines is 1. The Kier molecular flexibility index (Phi) is 3.49. The van der Waals surface area contributed by atoms with Gasteiger partial charge in [-0.05, 0) is 42.7 Å². The highest BCUT2D eigenvalue weighted by atomic mass is 19.4. The van der Waals surface area contributed by atoms with Crippen LogP contribution in [0, 0.1) is 19.1 Å². The van der Waals surface area contributed by atoms with Crippen LogP contribution >= 0.6 is 0 Å². The molecule has 0 unspecified atom stereocenters. The number of hydrogen-bond acceptors (Lipinski definition) is 3. The largest absolute Gasteiger partial charge is 0.733 e. The Hall–Kier alpha value is -1.53. The van der Waals surface area contributed by atoms with E-state index in [4.69, 9.17) is 5.21 Å². The molecule has 0 aliphatic carbocycles. The highest BCUT2D eigenvalue weighted by Gasteiger charge is 2.33. The molecule has 1 N–H and O–H groups in total. The summed E-state index contributed by atoms with van der Waals surface area (Å²) >= 11 is 0. The van der Waals surface area contributed by atoms with Crippen LogP contribution in [0.4, 0.5) is 18.9 Å². The third-order valence-electron chi connectivity index (χ3n) is 2.37. The predicted molar refractivity (Wildman–Crippen MR) is 58.6 cm³/mol. The Morgan fingerprint density at radius 3 is 2.00 bits per heavy atom. The average Bonchev–Trinajstić information content (AvgIpc) is 2.13. The van der Waals surface area contributed by atoms with Gasteiger partial charge in [-0.25, -0.2) is 0 Å². The maximum Gasteiger partial charge on any atom is 0.416 e. The zero-order valence-electron chi connectivity index (χ0n) is 9.30. The normalized spacial score (nSPS) is 11.5. The summed E-state index contributed by atoms with van der Waals surface area (Å²) < 4.78 is 37.3. The minimum Gasteiger partial charge on any atom is -0.733 e. The lowest BCUT2D eigenvalue weighted by molar-refractivity contribution is -0.0686. The van der Waals surface area contributed by atoms with E-state index in [-0.39, 0.29) is 27.6 Å². The molecule has 0 saturated carbocycles. The lowest BCUT2D eigenvalue weighted by Crippen LogP contribution is -2.13. The van der Waals surface area contributed by atoms with Gasteiger partial charge in [-0.15, -0.1) is 0 Å². The Balaban J connectivity index is 3.29. The Morgan fingerprint density at radius 1 is 1.29 bits per heavy atom. The second-order valence-electron chi connectivity index (χ2n) is 3.71. The minimum absolute atomic E-state index is 0.0521. The van der Waals surface area contributed by atoms with E-state index in [1.54, 1.807) is 0 Å². The van der Waals surface area contributed by atoms with Crippen molar-refractivity contribution < 1.29 is 18.4 Å². The molecule has 0 radical (unpaired) electrons. The second-order valence-corrected chi connectivity index (χ2v) is 3.71. The van der Waals surface area contributed by atoms with Gasteiger partial charge in [0.25, 0.3) is 0 Å². The highest BCUT2D eigenvalue weighted by molar-refractivity contribution is 5.72. The van der Waals surface area contributed by atoms with Crippen molar-refractivity contribution in [1.82, 2.24) is 0 Å².